The molecule has 1 aromatic rings. The maximum absolute atomic E-state index is 12.6. The molecule has 0 N–H and O–H groups in total. The molecule has 1 fully saturated rings. The number of hydrogen-bond donors (Lipinski definition) is 0. The van der Waals surface area contributed by atoms with E-state index < -0.39 is 23.9 Å². The van der Waals surface area contributed by atoms with Crippen LogP contribution in [-0.4, -0.2) is 35.6 Å². The number of carbonyl (C=O) groups excluding carboxylic acids is 1. The average Bonchev–Trinajstić information content (AvgIpc) is 2.86. The van der Waals surface area contributed by atoms with Crippen LogP contribution in [0.25, 0.3) is 0 Å². The van der Waals surface area contributed by atoms with Gasteiger partial charge < -0.3 is 9.64 Å². The summed E-state index contributed by atoms with van der Waals surface area (Å²) in [5.41, 5.74) is -1.02. The van der Waals surface area contributed by atoms with E-state index in [1.165, 1.54) is 12.0 Å². The van der Waals surface area contributed by atoms with Gasteiger partial charge >= 0.3 is 12.1 Å². The minimum absolute atomic E-state index is 0.0928. The lowest BCUT2D eigenvalue weighted by Crippen LogP contribution is -2.37. The van der Waals surface area contributed by atoms with Crippen LogP contribution >= 0.6 is 0 Å². The Labute approximate surface area is 107 Å². The minimum atomic E-state index is -4.53. The first-order valence-corrected chi connectivity index (χ1v) is 5.67. The molecule has 0 bridgehead atoms. The Bertz CT molecular complexity index is 478. The molecule has 0 amide bonds. The Hall–Kier alpha value is -1.86. The number of esters is 1. The molecule has 2 rings (SSSR count). The van der Waals surface area contributed by atoms with Gasteiger partial charge in [0.25, 0.3) is 0 Å². The number of nitrogens with zero attached hydrogens (tertiary/aromatic N) is 3. The summed E-state index contributed by atoms with van der Waals surface area (Å²) < 4.78 is 42.4. The van der Waals surface area contributed by atoms with Crippen molar-refractivity contribution in [3.8, 4) is 0 Å². The number of carbonyl (C=O) groups is 1. The maximum Gasteiger partial charge on any atom is 0.433 e. The second-order valence-corrected chi connectivity index (χ2v) is 4.13. The van der Waals surface area contributed by atoms with Gasteiger partial charge in [-0.1, -0.05) is 0 Å². The summed E-state index contributed by atoms with van der Waals surface area (Å²) in [4.78, 5) is 20.1. The van der Waals surface area contributed by atoms with Crippen molar-refractivity contribution >= 4 is 11.8 Å². The van der Waals surface area contributed by atoms with E-state index >= 15 is 0 Å². The number of hydrogen-bond acceptors (Lipinski definition) is 5. The molecule has 0 spiro atoms. The lowest BCUT2D eigenvalue weighted by Gasteiger charge is -2.23. The van der Waals surface area contributed by atoms with Gasteiger partial charge in [-0.3, -0.25) is 0 Å². The van der Waals surface area contributed by atoms with Crippen molar-refractivity contribution in [3.63, 3.8) is 0 Å². The summed E-state index contributed by atoms with van der Waals surface area (Å²) in [6, 6.07) is 0.266. The van der Waals surface area contributed by atoms with Crippen LogP contribution in [0.5, 0.6) is 0 Å². The van der Waals surface area contributed by atoms with Crippen LogP contribution in [0.15, 0.2) is 12.4 Å². The molecule has 19 heavy (non-hydrogen) atoms. The normalized spacial score (nSPS) is 19.6. The van der Waals surface area contributed by atoms with Gasteiger partial charge in [0.2, 0.25) is 0 Å². The monoisotopic (exact) mass is 275 g/mol. The SMILES string of the molecule is COC(=O)C1CCCN1c1cc(C(F)(F)F)ncn1. The molecule has 1 unspecified atom stereocenters. The van der Waals surface area contributed by atoms with Crippen LogP contribution in [0.3, 0.4) is 0 Å². The highest BCUT2D eigenvalue weighted by molar-refractivity contribution is 5.80. The maximum atomic E-state index is 12.6. The molecule has 2 heterocycles. The molecule has 1 aliphatic rings. The van der Waals surface area contributed by atoms with E-state index in [0.29, 0.717) is 19.4 Å². The fourth-order valence-electron chi connectivity index (χ4n) is 2.08. The Balaban J connectivity index is 2.29. The van der Waals surface area contributed by atoms with Gasteiger partial charge in [0, 0.05) is 12.6 Å². The molecule has 104 valence electrons. The third-order valence-corrected chi connectivity index (χ3v) is 2.96. The molecule has 0 aromatic carbocycles. The summed E-state index contributed by atoms with van der Waals surface area (Å²) >= 11 is 0. The first-order chi connectivity index (χ1) is 8.93. The lowest BCUT2D eigenvalue weighted by molar-refractivity contribution is -0.142. The van der Waals surface area contributed by atoms with Crippen LogP contribution in [0.1, 0.15) is 18.5 Å². The third-order valence-electron chi connectivity index (χ3n) is 2.96. The molecular formula is C11H12F3N3O2. The van der Waals surface area contributed by atoms with Gasteiger partial charge in [-0.2, -0.15) is 13.2 Å². The summed E-state index contributed by atoms with van der Waals surface area (Å²) in [6.07, 6.45) is -2.44. The van der Waals surface area contributed by atoms with Crippen LogP contribution in [0.4, 0.5) is 19.0 Å². The molecule has 0 aliphatic carbocycles. The van der Waals surface area contributed by atoms with Gasteiger partial charge in [-0.25, -0.2) is 14.8 Å². The first-order valence-electron chi connectivity index (χ1n) is 5.67. The smallest absolute Gasteiger partial charge is 0.433 e. The highest BCUT2D eigenvalue weighted by Gasteiger charge is 2.36. The number of alkyl halides is 3. The molecule has 8 heteroatoms. The Morgan fingerprint density at radius 1 is 1.47 bits per heavy atom. The van der Waals surface area contributed by atoms with E-state index in [0.717, 1.165) is 12.4 Å². The summed E-state index contributed by atoms with van der Waals surface area (Å²) in [7, 11) is 1.25. The van der Waals surface area contributed by atoms with Crippen molar-refractivity contribution in [1.29, 1.82) is 0 Å². The van der Waals surface area contributed by atoms with Crippen molar-refractivity contribution in [2.45, 2.75) is 25.1 Å². The summed E-state index contributed by atoms with van der Waals surface area (Å²) in [6.45, 7) is 0.466. The van der Waals surface area contributed by atoms with Crippen LogP contribution in [0, 0.1) is 0 Å². The van der Waals surface area contributed by atoms with Crippen LogP contribution in [-0.2, 0) is 15.7 Å². The summed E-state index contributed by atoms with van der Waals surface area (Å²) in [5, 5.41) is 0. The zero-order valence-electron chi connectivity index (χ0n) is 10.1. The Morgan fingerprint density at radius 2 is 2.21 bits per heavy atom. The molecular weight excluding hydrogens is 263 g/mol. The van der Waals surface area contributed by atoms with Crippen molar-refractivity contribution in [1.82, 2.24) is 9.97 Å². The molecule has 1 saturated heterocycles. The van der Waals surface area contributed by atoms with Crippen molar-refractivity contribution < 1.29 is 22.7 Å². The van der Waals surface area contributed by atoms with E-state index in [-0.39, 0.29) is 5.82 Å². The fourth-order valence-corrected chi connectivity index (χ4v) is 2.08. The minimum Gasteiger partial charge on any atom is -0.467 e. The number of anilines is 1. The summed E-state index contributed by atoms with van der Waals surface area (Å²) in [5.74, 6) is -0.375. The number of aromatic nitrogens is 2. The zero-order valence-corrected chi connectivity index (χ0v) is 10.1. The number of methoxy groups -OCH3 is 1. The van der Waals surface area contributed by atoms with Crippen LogP contribution < -0.4 is 4.90 Å². The van der Waals surface area contributed by atoms with Crippen molar-refractivity contribution in [3.05, 3.63) is 18.1 Å². The average molecular weight is 275 g/mol. The number of halogens is 3. The lowest BCUT2D eigenvalue weighted by atomic mass is 10.2. The molecule has 1 aliphatic heterocycles. The molecule has 0 radical (unpaired) electrons. The van der Waals surface area contributed by atoms with Gasteiger partial charge in [-0.05, 0) is 12.8 Å². The molecule has 5 nitrogen and oxygen atoms in total. The van der Waals surface area contributed by atoms with Gasteiger partial charge in [-0.15, -0.1) is 0 Å². The van der Waals surface area contributed by atoms with E-state index in [4.69, 9.17) is 0 Å². The topological polar surface area (TPSA) is 55.3 Å². The largest absolute Gasteiger partial charge is 0.467 e. The second-order valence-electron chi connectivity index (χ2n) is 4.13. The van der Waals surface area contributed by atoms with Crippen molar-refractivity contribution in [2.75, 3.05) is 18.6 Å². The van der Waals surface area contributed by atoms with Gasteiger partial charge in [0.05, 0.1) is 7.11 Å². The predicted molar refractivity (Wildman–Crippen MR) is 59.4 cm³/mol. The van der Waals surface area contributed by atoms with E-state index in [2.05, 4.69) is 14.7 Å². The highest BCUT2D eigenvalue weighted by Crippen LogP contribution is 2.31. The predicted octanol–water partition coefficient (Wildman–Crippen LogP) is 1.64. The zero-order chi connectivity index (χ0) is 14.0. The standard InChI is InChI=1S/C11H12F3N3O2/c1-19-10(18)7-3-2-4-17(7)9-5-8(11(12,13)14)15-6-16-9/h5-7H,2-4H2,1H3. The third kappa shape index (κ3) is 2.77. The molecule has 1 aromatic heterocycles. The van der Waals surface area contributed by atoms with E-state index in [1.807, 2.05) is 0 Å². The molecule has 0 saturated carbocycles. The molecule has 1 atom stereocenters. The van der Waals surface area contributed by atoms with Crippen molar-refractivity contribution in [2.24, 2.45) is 0 Å². The van der Waals surface area contributed by atoms with Crippen LogP contribution in [0.2, 0.25) is 0 Å². The fraction of sp³-hybridized carbons (Fsp3) is 0.545. The quantitative estimate of drug-likeness (QED) is 0.768. The highest BCUT2D eigenvalue weighted by atomic mass is 19.4. The van der Waals surface area contributed by atoms with Gasteiger partial charge in [0.1, 0.15) is 23.9 Å². The first kappa shape index (κ1) is 13.6. The number of rotatable bonds is 2. The number of ether oxygens (including phenoxy) is 1. The second kappa shape index (κ2) is 5.02. The van der Waals surface area contributed by atoms with E-state index in [1.54, 1.807) is 0 Å². The Kier molecular flexibility index (Phi) is 3.59. The van der Waals surface area contributed by atoms with Gasteiger partial charge in [0.15, 0.2) is 0 Å². The Morgan fingerprint density at radius 3 is 2.84 bits per heavy atom. The van der Waals surface area contributed by atoms with E-state index in [9.17, 15) is 18.0 Å².